The molecular weight excluding hydrogens is 174 g/mol. The fraction of sp³-hybridized carbons (Fsp3) is 0.545. The van der Waals surface area contributed by atoms with E-state index in [0.29, 0.717) is 0 Å². The topological polar surface area (TPSA) is 28.2 Å². The van der Waals surface area contributed by atoms with Crippen molar-refractivity contribution in [3.63, 3.8) is 0 Å². The van der Waals surface area contributed by atoms with Crippen molar-refractivity contribution < 1.29 is 0 Å². The number of rotatable bonds is 4. The Labute approximate surface area is 85.1 Å². The van der Waals surface area contributed by atoms with Gasteiger partial charge in [0.25, 0.3) is 0 Å². The van der Waals surface area contributed by atoms with Crippen molar-refractivity contribution in [1.29, 1.82) is 0 Å². The standard InChI is InChI=1S/C11H17N3/c1-14(2)10-5-6-11(13-8-10)12-7-9-3-4-9/h5-6,8-9H,3-4,7H2,1-2H3,(H,12,13). The highest BCUT2D eigenvalue weighted by Gasteiger charge is 2.20. The van der Waals surface area contributed by atoms with Gasteiger partial charge in [0.2, 0.25) is 0 Å². The number of hydrogen-bond acceptors (Lipinski definition) is 3. The van der Waals surface area contributed by atoms with Gasteiger partial charge in [-0.15, -0.1) is 0 Å². The molecule has 0 aliphatic heterocycles. The fourth-order valence-electron chi connectivity index (χ4n) is 1.33. The van der Waals surface area contributed by atoms with Gasteiger partial charge in [-0.05, 0) is 30.9 Å². The summed E-state index contributed by atoms with van der Waals surface area (Å²) in [6.07, 6.45) is 4.65. The van der Waals surface area contributed by atoms with Crippen molar-refractivity contribution in [2.24, 2.45) is 5.92 Å². The molecule has 3 heteroatoms. The summed E-state index contributed by atoms with van der Waals surface area (Å²) in [5, 5.41) is 3.34. The maximum absolute atomic E-state index is 4.35. The molecule has 0 amide bonds. The maximum Gasteiger partial charge on any atom is 0.126 e. The predicted octanol–water partition coefficient (Wildman–Crippen LogP) is 1.97. The third kappa shape index (κ3) is 2.37. The second-order valence-corrected chi connectivity index (χ2v) is 4.12. The number of anilines is 2. The molecule has 0 atom stereocenters. The molecule has 1 aliphatic rings. The van der Waals surface area contributed by atoms with Crippen molar-refractivity contribution >= 4 is 11.5 Å². The first-order valence-electron chi connectivity index (χ1n) is 5.13. The summed E-state index contributed by atoms with van der Waals surface area (Å²) >= 11 is 0. The van der Waals surface area contributed by atoms with E-state index in [4.69, 9.17) is 0 Å². The molecule has 3 nitrogen and oxygen atoms in total. The minimum atomic E-state index is 0.894. The summed E-state index contributed by atoms with van der Waals surface area (Å²) in [5.41, 5.74) is 1.14. The van der Waals surface area contributed by atoms with E-state index < -0.39 is 0 Å². The third-order valence-corrected chi connectivity index (χ3v) is 2.53. The molecule has 1 aliphatic carbocycles. The molecule has 76 valence electrons. The van der Waals surface area contributed by atoms with Crippen LogP contribution < -0.4 is 10.2 Å². The Balaban J connectivity index is 1.91. The molecule has 1 heterocycles. The highest BCUT2D eigenvalue weighted by atomic mass is 15.1. The molecule has 0 saturated heterocycles. The van der Waals surface area contributed by atoms with E-state index >= 15 is 0 Å². The zero-order chi connectivity index (χ0) is 9.97. The quantitative estimate of drug-likeness (QED) is 0.788. The number of aromatic nitrogens is 1. The molecule has 1 saturated carbocycles. The molecule has 0 bridgehead atoms. The van der Waals surface area contributed by atoms with E-state index in [1.165, 1.54) is 12.8 Å². The summed E-state index contributed by atoms with van der Waals surface area (Å²) in [6, 6.07) is 4.12. The summed E-state index contributed by atoms with van der Waals surface area (Å²) in [4.78, 5) is 6.40. The lowest BCUT2D eigenvalue weighted by molar-refractivity contribution is 0.882. The molecule has 0 radical (unpaired) electrons. The van der Waals surface area contributed by atoms with Crippen LogP contribution in [0.4, 0.5) is 11.5 Å². The van der Waals surface area contributed by atoms with E-state index in [-0.39, 0.29) is 0 Å². The van der Waals surface area contributed by atoms with Crippen LogP contribution in [0.25, 0.3) is 0 Å². The second-order valence-electron chi connectivity index (χ2n) is 4.12. The van der Waals surface area contributed by atoms with E-state index in [1.54, 1.807) is 0 Å². The molecule has 0 unspecified atom stereocenters. The zero-order valence-corrected chi connectivity index (χ0v) is 8.83. The summed E-state index contributed by atoms with van der Waals surface area (Å²) in [5.74, 6) is 1.88. The number of nitrogens with zero attached hydrogens (tertiary/aromatic N) is 2. The van der Waals surface area contributed by atoms with Crippen LogP contribution in [-0.4, -0.2) is 25.6 Å². The van der Waals surface area contributed by atoms with Gasteiger partial charge in [-0.2, -0.15) is 0 Å². The number of pyridine rings is 1. The fourth-order valence-corrected chi connectivity index (χ4v) is 1.33. The first kappa shape index (κ1) is 9.31. The molecule has 1 aromatic heterocycles. The van der Waals surface area contributed by atoms with Crippen molar-refractivity contribution in [2.75, 3.05) is 30.9 Å². The van der Waals surface area contributed by atoms with Crippen LogP contribution in [0.5, 0.6) is 0 Å². The molecule has 0 spiro atoms. The van der Waals surface area contributed by atoms with Crippen LogP contribution >= 0.6 is 0 Å². The largest absolute Gasteiger partial charge is 0.376 e. The van der Waals surface area contributed by atoms with E-state index in [0.717, 1.165) is 24.0 Å². The Morgan fingerprint density at radius 1 is 1.43 bits per heavy atom. The average molecular weight is 191 g/mol. The summed E-state index contributed by atoms with van der Waals surface area (Å²) in [7, 11) is 4.04. The van der Waals surface area contributed by atoms with Gasteiger partial charge in [0, 0.05) is 20.6 Å². The molecule has 1 aromatic rings. The van der Waals surface area contributed by atoms with Crippen LogP contribution in [0, 0.1) is 5.92 Å². The predicted molar refractivity (Wildman–Crippen MR) is 59.8 cm³/mol. The second kappa shape index (κ2) is 3.86. The molecule has 1 N–H and O–H groups in total. The highest BCUT2D eigenvalue weighted by molar-refractivity contribution is 5.48. The van der Waals surface area contributed by atoms with Gasteiger partial charge < -0.3 is 10.2 Å². The monoisotopic (exact) mass is 191 g/mol. The minimum Gasteiger partial charge on any atom is -0.376 e. The number of nitrogens with one attached hydrogen (secondary N) is 1. The van der Waals surface area contributed by atoms with Crippen LogP contribution in [-0.2, 0) is 0 Å². The normalized spacial score (nSPS) is 15.3. The molecule has 0 aromatic carbocycles. The van der Waals surface area contributed by atoms with Crippen LogP contribution in [0.1, 0.15) is 12.8 Å². The van der Waals surface area contributed by atoms with Crippen LogP contribution in [0.3, 0.4) is 0 Å². The lowest BCUT2D eigenvalue weighted by atomic mass is 10.3. The zero-order valence-electron chi connectivity index (χ0n) is 8.83. The number of hydrogen-bond donors (Lipinski definition) is 1. The Morgan fingerprint density at radius 3 is 2.71 bits per heavy atom. The first-order valence-corrected chi connectivity index (χ1v) is 5.13. The lowest BCUT2D eigenvalue weighted by Gasteiger charge is -2.12. The smallest absolute Gasteiger partial charge is 0.126 e. The minimum absolute atomic E-state index is 0.894. The van der Waals surface area contributed by atoms with E-state index in [1.807, 2.05) is 26.4 Å². The molecule has 2 rings (SSSR count). The Hall–Kier alpha value is -1.25. The molecular formula is C11H17N3. The van der Waals surface area contributed by atoms with Gasteiger partial charge >= 0.3 is 0 Å². The Kier molecular flexibility index (Phi) is 2.57. The van der Waals surface area contributed by atoms with Gasteiger partial charge in [-0.1, -0.05) is 0 Å². The van der Waals surface area contributed by atoms with Gasteiger partial charge in [0.1, 0.15) is 5.82 Å². The van der Waals surface area contributed by atoms with Crippen LogP contribution in [0.15, 0.2) is 18.3 Å². The summed E-state index contributed by atoms with van der Waals surface area (Å²) in [6.45, 7) is 1.08. The van der Waals surface area contributed by atoms with Gasteiger partial charge in [0.05, 0.1) is 11.9 Å². The maximum atomic E-state index is 4.35. The van der Waals surface area contributed by atoms with Crippen molar-refractivity contribution in [3.05, 3.63) is 18.3 Å². The van der Waals surface area contributed by atoms with Crippen molar-refractivity contribution in [2.45, 2.75) is 12.8 Å². The lowest BCUT2D eigenvalue weighted by Crippen LogP contribution is -2.10. The van der Waals surface area contributed by atoms with Gasteiger partial charge in [0.15, 0.2) is 0 Å². The van der Waals surface area contributed by atoms with Gasteiger partial charge in [-0.3, -0.25) is 0 Å². The van der Waals surface area contributed by atoms with Crippen molar-refractivity contribution in [1.82, 2.24) is 4.98 Å². The SMILES string of the molecule is CN(C)c1ccc(NCC2CC2)nc1. The highest BCUT2D eigenvalue weighted by Crippen LogP contribution is 2.28. The third-order valence-electron chi connectivity index (χ3n) is 2.53. The Morgan fingerprint density at radius 2 is 2.21 bits per heavy atom. The van der Waals surface area contributed by atoms with E-state index in [9.17, 15) is 0 Å². The molecule has 1 fully saturated rings. The van der Waals surface area contributed by atoms with Crippen molar-refractivity contribution in [3.8, 4) is 0 Å². The Bertz CT molecular complexity index is 288. The van der Waals surface area contributed by atoms with E-state index in [2.05, 4.69) is 21.3 Å². The summed E-state index contributed by atoms with van der Waals surface area (Å²) < 4.78 is 0. The molecule has 14 heavy (non-hydrogen) atoms. The average Bonchev–Trinajstić information content (AvgIpc) is 2.99. The first-order chi connectivity index (χ1) is 6.75. The van der Waals surface area contributed by atoms with Crippen LogP contribution in [0.2, 0.25) is 0 Å². The van der Waals surface area contributed by atoms with Gasteiger partial charge in [-0.25, -0.2) is 4.98 Å².